The summed E-state index contributed by atoms with van der Waals surface area (Å²) >= 11 is 0. The molecule has 0 unspecified atom stereocenters. The number of aliphatic imine (C=N–C) groups is 1. The predicted octanol–water partition coefficient (Wildman–Crippen LogP) is 4.04. The number of hydrogen-bond acceptors (Lipinski definition) is 2. The van der Waals surface area contributed by atoms with E-state index in [0.717, 1.165) is 30.4 Å². The summed E-state index contributed by atoms with van der Waals surface area (Å²) in [5, 5.41) is 6.69. The van der Waals surface area contributed by atoms with Gasteiger partial charge in [-0.05, 0) is 54.7 Å². The molecule has 7 heteroatoms. The van der Waals surface area contributed by atoms with Gasteiger partial charge in [-0.25, -0.2) is 8.78 Å². The Balaban J connectivity index is 0.00000300. The molecular formula is C22H28F2IN3O. The van der Waals surface area contributed by atoms with Crippen molar-refractivity contribution in [3.63, 3.8) is 0 Å². The van der Waals surface area contributed by atoms with E-state index in [1.54, 1.807) is 31.3 Å². The Bertz CT molecular complexity index is 793. The average molecular weight is 515 g/mol. The van der Waals surface area contributed by atoms with Gasteiger partial charge in [-0.2, -0.15) is 0 Å². The lowest BCUT2D eigenvalue weighted by molar-refractivity contribution is 0.0513. The first-order chi connectivity index (χ1) is 13.6. The van der Waals surface area contributed by atoms with Crippen LogP contribution in [0.5, 0.6) is 0 Å². The van der Waals surface area contributed by atoms with Crippen LogP contribution in [0.15, 0.2) is 53.5 Å². The van der Waals surface area contributed by atoms with Gasteiger partial charge < -0.3 is 15.4 Å². The van der Waals surface area contributed by atoms with E-state index >= 15 is 0 Å². The second-order valence-corrected chi connectivity index (χ2v) is 7.13. The van der Waals surface area contributed by atoms with Crippen LogP contribution < -0.4 is 10.6 Å². The van der Waals surface area contributed by atoms with Crippen LogP contribution in [0, 0.1) is 11.6 Å². The molecule has 0 bridgehead atoms. The summed E-state index contributed by atoms with van der Waals surface area (Å²) < 4.78 is 32.3. The molecule has 2 N–H and O–H groups in total. The van der Waals surface area contributed by atoms with Gasteiger partial charge in [0.05, 0.1) is 0 Å². The summed E-state index contributed by atoms with van der Waals surface area (Å²) in [7, 11) is 1.73. The molecule has 0 amide bonds. The van der Waals surface area contributed by atoms with Crippen molar-refractivity contribution >= 4 is 29.9 Å². The maximum Gasteiger partial charge on any atom is 0.191 e. The number of nitrogens with zero attached hydrogens (tertiary/aromatic N) is 1. The smallest absolute Gasteiger partial charge is 0.191 e. The minimum Gasteiger partial charge on any atom is -0.381 e. The van der Waals surface area contributed by atoms with Crippen LogP contribution in [-0.4, -0.2) is 39.3 Å². The van der Waals surface area contributed by atoms with E-state index in [2.05, 4.69) is 15.6 Å². The molecule has 1 aliphatic rings. The van der Waals surface area contributed by atoms with Crippen LogP contribution in [-0.2, 0) is 16.6 Å². The van der Waals surface area contributed by atoms with E-state index in [-0.39, 0.29) is 41.0 Å². The number of hydrogen-bond donors (Lipinski definition) is 2. The number of nitrogens with one attached hydrogen (secondary N) is 2. The predicted molar refractivity (Wildman–Crippen MR) is 123 cm³/mol. The Morgan fingerprint density at radius 3 is 2.41 bits per heavy atom. The summed E-state index contributed by atoms with van der Waals surface area (Å²) in [6.07, 6.45) is 2.43. The highest BCUT2D eigenvalue weighted by Gasteiger charge is 2.34. The second kappa shape index (κ2) is 11.4. The van der Waals surface area contributed by atoms with Crippen LogP contribution in [0.1, 0.15) is 24.0 Å². The fourth-order valence-electron chi connectivity index (χ4n) is 3.60. The summed E-state index contributed by atoms with van der Waals surface area (Å²) in [6.45, 7) is 2.65. The third-order valence-electron chi connectivity index (χ3n) is 5.32. The van der Waals surface area contributed by atoms with Crippen LogP contribution in [0.4, 0.5) is 8.78 Å². The topological polar surface area (TPSA) is 45.7 Å². The van der Waals surface area contributed by atoms with E-state index in [9.17, 15) is 8.78 Å². The van der Waals surface area contributed by atoms with Crippen molar-refractivity contribution in [2.75, 3.05) is 33.4 Å². The highest BCUT2D eigenvalue weighted by Crippen LogP contribution is 2.34. The van der Waals surface area contributed by atoms with Gasteiger partial charge in [-0.1, -0.05) is 24.3 Å². The number of halogens is 3. The van der Waals surface area contributed by atoms with E-state index < -0.39 is 0 Å². The molecule has 0 radical (unpaired) electrons. The largest absolute Gasteiger partial charge is 0.381 e. The molecular weight excluding hydrogens is 487 g/mol. The van der Waals surface area contributed by atoms with Crippen LogP contribution in [0.3, 0.4) is 0 Å². The van der Waals surface area contributed by atoms with Crippen LogP contribution >= 0.6 is 24.0 Å². The van der Waals surface area contributed by atoms with E-state index in [1.165, 1.54) is 18.2 Å². The summed E-state index contributed by atoms with van der Waals surface area (Å²) in [6, 6.07) is 13.4. The Kier molecular flexibility index (Phi) is 9.29. The van der Waals surface area contributed by atoms with E-state index in [1.807, 2.05) is 6.07 Å². The van der Waals surface area contributed by atoms with Crippen LogP contribution in [0.2, 0.25) is 0 Å². The van der Waals surface area contributed by atoms with Crippen molar-refractivity contribution < 1.29 is 13.5 Å². The molecule has 2 aromatic rings. The van der Waals surface area contributed by atoms with Gasteiger partial charge in [0.2, 0.25) is 0 Å². The molecule has 0 atom stereocenters. The fourth-order valence-corrected chi connectivity index (χ4v) is 3.60. The van der Waals surface area contributed by atoms with Crippen LogP contribution in [0.25, 0.3) is 0 Å². The molecule has 0 saturated carbocycles. The van der Waals surface area contributed by atoms with Crippen molar-refractivity contribution in [2.24, 2.45) is 4.99 Å². The van der Waals surface area contributed by atoms with Crippen molar-refractivity contribution in [1.82, 2.24) is 10.6 Å². The highest BCUT2D eigenvalue weighted by molar-refractivity contribution is 14.0. The first-order valence-corrected chi connectivity index (χ1v) is 9.64. The molecule has 158 valence electrons. The summed E-state index contributed by atoms with van der Waals surface area (Å²) in [5.41, 5.74) is 1.87. The normalized spacial score (nSPS) is 16.0. The SMILES string of the molecule is CN=C(NCCc1ccc(F)cc1)NCC1(c2cccc(F)c2)CCOCC1.I. The minimum absolute atomic E-state index is 0. The molecule has 3 rings (SSSR count). The van der Waals surface area contributed by atoms with Gasteiger partial charge in [0.15, 0.2) is 5.96 Å². The van der Waals surface area contributed by atoms with Gasteiger partial charge in [0.1, 0.15) is 11.6 Å². The van der Waals surface area contributed by atoms with Crippen molar-refractivity contribution in [2.45, 2.75) is 24.7 Å². The van der Waals surface area contributed by atoms with Gasteiger partial charge >= 0.3 is 0 Å². The van der Waals surface area contributed by atoms with Crippen molar-refractivity contribution in [3.05, 3.63) is 71.3 Å². The van der Waals surface area contributed by atoms with Gasteiger partial charge in [-0.15, -0.1) is 24.0 Å². The number of rotatable bonds is 6. The third-order valence-corrected chi connectivity index (χ3v) is 5.32. The number of ether oxygens (including phenoxy) is 1. The zero-order valence-corrected chi connectivity index (χ0v) is 18.9. The maximum absolute atomic E-state index is 13.8. The fraction of sp³-hybridized carbons (Fsp3) is 0.409. The Morgan fingerprint density at radius 2 is 1.76 bits per heavy atom. The molecule has 0 aromatic heterocycles. The molecule has 1 saturated heterocycles. The molecule has 2 aromatic carbocycles. The summed E-state index contributed by atoms with van der Waals surface area (Å²) in [4.78, 5) is 4.29. The lowest BCUT2D eigenvalue weighted by Crippen LogP contribution is -2.48. The first-order valence-electron chi connectivity index (χ1n) is 9.64. The Morgan fingerprint density at radius 1 is 1.03 bits per heavy atom. The van der Waals surface area contributed by atoms with Crippen molar-refractivity contribution in [1.29, 1.82) is 0 Å². The molecule has 0 spiro atoms. The minimum atomic E-state index is -0.228. The molecule has 4 nitrogen and oxygen atoms in total. The van der Waals surface area contributed by atoms with E-state index in [0.29, 0.717) is 32.3 Å². The second-order valence-electron chi connectivity index (χ2n) is 7.13. The van der Waals surface area contributed by atoms with Gasteiger partial charge in [0, 0.05) is 38.8 Å². The monoisotopic (exact) mass is 515 g/mol. The van der Waals surface area contributed by atoms with Gasteiger partial charge in [-0.3, -0.25) is 4.99 Å². The zero-order valence-electron chi connectivity index (χ0n) is 16.6. The molecule has 1 aliphatic heterocycles. The number of benzene rings is 2. The average Bonchev–Trinajstić information content (AvgIpc) is 2.72. The molecule has 1 heterocycles. The van der Waals surface area contributed by atoms with E-state index in [4.69, 9.17) is 4.74 Å². The molecule has 29 heavy (non-hydrogen) atoms. The standard InChI is InChI=1S/C22H27F2N3O.HI/c1-25-21(26-12-9-17-5-7-19(23)8-6-17)27-16-22(10-13-28-14-11-22)18-3-2-4-20(24)15-18;/h2-8,15H,9-14,16H2,1H3,(H2,25,26,27);1H. The lowest BCUT2D eigenvalue weighted by atomic mass is 9.74. The molecule has 0 aliphatic carbocycles. The maximum atomic E-state index is 13.8. The first kappa shape index (κ1) is 23.5. The molecule has 1 fully saturated rings. The zero-order chi connectivity index (χ0) is 19.8. The lowest BCUT2D eigenvalue weighted by Gasteiger charge is -2.38. The Labute approximate surface area is 188 Å². The van der Waals surface area contributed by atoms with Gasteiger partial charge in [0.25, 0.3) is 0 Å². The van der Waals surface area contributed by atoms with Crippen molar-refractivity contribution in [3.8, 4) is 0 Å². The number of guanidine groups is 1. The quantitative estimate of drug-likeness (QED) is 0.347. The summed E-state index contributed by atoms with van der Waals surface area (Å²) in [5.74, 6) is 0.253. The highest BCUT2D eigenvalue weighted by atomic mass is 127. The Hall–Kier alpha value is -1.74. The third kappa shape index (κ3) is 6.64.